The van der Waals surface area contributed by atoms with Gasteiger partial charge in [-0.3, -0.25) is 4.79 Å². The molecule has 7 heteroatoms. The quantitative estimate of drug-likeness (QED) is 0.186. The standard InChI is InChI=1S/C31H29NO5S/c1-20-10-8-9-13-24(20)19-37-25-16-14-22(18-26(25)35-3)15-17-27(33)32-30-29(31(34)36-4)28(21(2)38-30)23-11-6-5-7-12-23/h5-18H,19H2,1-4H3,(H,32,33). The molecular weight excluding hydrogens is 498 g/mol. The second kappa shape index (κ2) is 12.3. The van der Waals surface area contributed by atoms with Crippen molar-refractivity contribution >= 4 is 34.3 Å². The Morgan fingerprint density at radius 2 is 1.66 bits per heavy atom. The zero-order chi connectivity index (χ0) is 27.1. The molecule has 0 saturated heterocycles. The van der Waals surface area contributed by atoms with Gasteiger partial charge >= 0.3 is 5.97 Å². The van der Waals surface area contributed by atoms with Crippen molar-refractivity contribution in [3.63, 3.8) is 0 Å². The van der Waals surface area contributed by atoms with E-state index in [0.717, 1.165) is 32.7 Å². The first-order valence-electron chi connectivity index (χ1n) is 12.0. The molecule has 0 fully saturated rings. The molecule has 1 N–H and O–H groups in total. The van der Waals surface area contributed by atoms with Gasteiger partial charge in [0.2, 0.25) is 5.91 Å². The molecule has 0 radical (unpaired) electrons. The fourth-order valence-electron chi connectivity index (χ4n) is 4.04. The van der Waals surface area contributed by atoms with Gasteiger partial charge in [0.25, 0.3) is 0 Å². The number of amides is 1. The van der Waals surface area contributed by atoms with E-state index in [1.54, 1.807) is 19.3 Å². The van der Waals surface area contributed by atoms with Crippen molar-refractivity contribution in [2.75, 3.05) is 19.5 Å². The Bertz CT molecular complexity index is 1470. The van der Waals surface area contributed by atoms with Crippen LogP contribution in [0, 0.1) is 13.8 Å². The summed E-state index contributed by atoms with van der Waals surface area (Å²) in [6.45, 7) is 4.39. The van der Waals surface area contributed by atoms with E-state index in [1.165, 1.54) is 24.5 Å². The molecule has 0 saturated carbocycles. The minimum atomic E-state index is -0.501. The first-order valence-corrected chi connectivity index (χ1v) is 12.8. The molecule has 1 heterocycles. The molecule has 0 aliphatic carbocycles. The number of thiophene rings is 1. The third kappa shape index (κ3) is 6.12. The number of carbonyl (C=O) groups excluding carboxylic acids is 2. The molecule has 0 bridgehead atoms. The largest absolute Gasteiger partial charge is 0.493 e. The molecule has 38 heavy (non-hydrogen) atoms. The highest BCUT2D eigenvalue weighted by Gasteiger charge is 2.24. The molecule has 4 rings (SSSR count). The molecule has 0 aliphatic heterocycles. The minimum Gasteiger partial charge on any atom is -0.493 e. The van der Waals surface area contributed by atoms with E-state index >= 15 is 0 Å². The molecule has 0 spiro atoms. The second-order valence-corrected chi connectivity index (χ2v) is 9.77. The van der Waals surface area contributed by atoms with Crippen LogP contribution in [0.2, 0.25) is 0 Å². The number of carbonyl (C=O) groups is 2. The molecule has 0 aliphatic rings. The summed E-state index contributed by atoms with van der Waals surface area (Å²) < 4.78 is 16.5. The van der Waals surface area contributed by atoms with Crippen molar-refractivity contribution in [2.45, 2.75) is 20.5 Å². The number of hydrogen-bond donors (Lipinski definition) is 1. The number of aryl methyl sites for hydroxylation is 2. The van der Waals surface area contributed by atoms with E-state index in [9.17, 15) is 9.59 Å². The van der Waals surface area contributed by atoms with Crippen LogP contribution in [0.4, 0.5) is 5.00 Å². The van der Waals surface area contributed by atoms with E-state index in [1.807, 2.05) is 80.6 Å². The average molecular weight is 528 g/mol. The highest BCUT2D eigenvalue weighted by molar-refractivity contribution is 7.17. The van der Waals surface area contributed by atoms with Gasteiger partial charge in [0, 0.05) is 16.5 Å². The average Bonchev–Trinajstić information content (AvgIpc) is 3.26. The Labute approximate surface area is 226 Å². The summed E-state index contributed by atoms with van der Waals surface area (Å²) in [4.78, 5) is 26.4. The smallest absolute Gasteiger partial charge is 0.341 e. The molecule has 194 valence electrons. The van der Waals surface area contributed by atoms with Crippen LogP contribution in [-0.4, -0.2) is 26.1 Å². The van der Waals surface area contributed by atoms with Crippen LogP contribution >= 0.6 is 11.3 Å². The van der Waals surface area contributed by atoms with Gasteiger partial charge in [0.1, 0.15) is 17.2 Å². The van der Waals surface area contributed by atoms with Crippen molar-refractivity contribution < 1.29 is 23.8 Å². The van der Waals surface area contributed by atoms with Gasteiger partial charge in [0.15, 0.2) is 11.5 Å². The van der Waals surface area contributed by atoms with Gasteiger partial charge in [-0.25, -0.2) is 4.79 Å². The number of methoxy groups -OCH3 is 2. The summed E-state index contributed by atoms with van der Waals surface area (Å²) in [6.07, 6.45) is 3.10. The van der Waals surface area contributed by atoms with Crippen LogP contribution in [-0.2, 0) is 16.1 Å². The second-order valence-electron chi connectivity index (χ2n) is 8.54. The zero-order valence-corrected chi connectivity index (χ0v) is 22.6. The Morgan fingerprint density at radius 3 is 2.37 bits per heavy atom. The minimum absolute atomic E-state index is 0.347. The number of rotatable bonds is 9. The molecule has 1 amide bonds. The molecule has 3 aromatic carbocycles. The van der Waals surface area contributed by atoms with Gasteiger partial charge in [-0.1, -0.05) is 60.7 Å². The summed E-state index contributed by atoms with van der Waals surface area (Å²) in [7, 11) is 2.91. The highest BCUT2D eigenvalue weighted by atomic mass is 32.1. The molecule has 0 atom stereocenters. The van der Waals surface area contributed by atoms with Crippen molar-refractivity contribution in [3.05, 3.63) is 106 Å². The summed E-state index contributed by atoms with van der Waals surface area (Å²) in [5.74, 6) is 0.312. The lowest BCUT2D eigenvalue weighted by atomic mass is 10.0. The van der Waals surface area contributed by atoms with Gasteiger partial charge in [-0.2, -0.15) is 0 Å². The van der Waals surface area contributed by atoms with Crippen molar-refractivity contribution in [1.29, 1.82) is 0 Å². The van der Waals surface area contributed by atoms with Crippen LogP contribution in [0.5, 0.6) is 11.5 Å². The predicted octanol–water partition coefficient (Wildman–Crippen LogP) is 7.06. The molecule has 6 nitrogen and oxygen atoms in total. The van der Waals surface area contributed by atoms with Crippen molar-refractivity contribution in [1.82, 2.24) is 0 Å². The van der Waals surface area contributed by atoms with E-state index in [2.05, 4.69) is 5.32 Å². The molecule has 1 aromatic heterocycles. The van der Waals surface area contributed by atoms with Gasteiger partial charge in [0.05, 0.1) is 14.2 Å². The number of esters is 1. The normalized spacial score (nSPS) is 10.8. The lowest BCUT2D eigenvalue weighted by Gasteiger charge is -2.12. The number of benzene rings is 3. The summed E-state index contributed by atoms with van der Waals surface area (Å²) in [5, 5.41) is 3.29. The number of anilines is 1. The Morgan fingerprint density at radius 1 is 0.921 bits per heavy atom. The van der Waals surface area contributed by atoms with E-state index in [-0.39, 0.29) is 5.91 Å². The fourth-order valence-corrected chi connectivity index (χ4v) is 5.11. The van der Waals surface area contributed by atoms with Crippen LogP contribution in [0.3, 0.4) is 0 Å². The maximum atomic E-state index is 12.8. The van der Waals surface area contributed by atoms with Crippen LogP contribution in [0.25, 0.3) is 17.2 Å². The maximum absolute atomic E-state index is 12.8. The molecule has 0 unspecified atom stereocenters. The highest BCUT2D eigenvalue weighted by Crippen LogP contribution is 2.40. The first kappa shape index (κ1) is 26.7. The maximum Gasteiger partial charge on any atom is 0.341 e. The Hall–Kier alpha value is -4.36. The summed E-state index contributed by atoms with van der Waals surface area (Å²) in [6, 6.07) is 23.1. The third-order valence-electron chi connectivity index (χ3n) is 6.03. The Balaban J connectivity index is 1.50. The topological polar surface area (TPSA) is 73.9 Å². The van der Waals surface area contributed by atoms with Gasteiger partial charge in [-0.05, 0) is 54.3 Å². The van der Waals surface area contributed by atoms with Crippen LogP contribution < -0.4 is 14.8 Å². The zero-order valence-electron chi connectivity index (χ0n) is 21.7. The predicted molar refractivity (Wildman–Crippen MR) is 152 cm³/mol. The van der Waals surface area contributed by atoms with Crippen molar-refractivity contribution in [2.24, 2.45) is 0 Å². The van der Waals surface area contributed by atoms with Gasteiger partial charge in [-0.15, -0.1) is 11.3 Å². The molecular formula is C31H29NO5S. The number of hydrogen-bond acceptors (Lipinski definition) is 6. The number of ether oxygens (including phenoxy) is 3. The van der Waals surface area contributed by atoms with E-state index in [0.29, 0.717) is 28.7 Å². The third-order valence-corrected chi connectivity index (χ3v) is 7.05. The molecule has 4 aromatic rings. The van der Waals surface area contributed by atoms with Gasteiger partial charge < -0.3 is 19.5 Å². The first-order chi connectivity index (χ1) is 18.4. The van der Waals surface area contributed by atoms with Crippen molar-refractivity contribution in [3.8, 4) is 22.6 Å². The number of nitrogens with one attached hydrogen (secondary N) is 1. The lowest BCUT2D eigenvalue weighted by Crippen LogP contribution is -2.11. The monoisotopic (exact) mass is 527 g/mol. The van der Waals surface area contributed by atoms with Crippen LogP contribution in [0.1, 0.15) is 31.9 Å². The van der Waals surface area contributed by atoms with E-state index in [4.69, 9.17) is 14.2 Å². The fraction of sp³-hybridized carbons (Fsp3) is 0.161. The Kier molecular flexibility index (Phi) is 8.61. The van der Waals surface area contributed by atoms with Crippen LogP contribution in [0.15, 0.2) is 78.9 Å². The summed E-state index contributed by atoms with van der Waals surface area (Å²) >= 11 is 1.34. The lowest BCUT2D eigenvalue weighted by molar-refractivity contribution is -0.111. The summed E-state index contributed by atoms with van der Waals surface area (Å²) in [5.41, 5.74) is 5.01. The SMILES string of the molecule is COC(=O)c1c(NC(=O)C=Cc2ccc(OCc3ccccc3C)c(OC)c2)sc(C)c1-c1ccccc1. The van der Waals surface area contributed by atoms with E-state index < -0.39 is 5.97 Å².